The molecule has 3 N–H and O–H groups in total. The van der Waals surface area contributed by atoms with E-state index in [1.54, 1.807) is 24.3 Å². The largest absolute Gasteiger partial charge is 0.374 e. The van der Waals surface area contributed by atoms with Crippen LogP contribution in [0.25, 0.3) is 0 Å². The van der Waals surface area contributed by atoms with Crippen molar-refractivity contribution in [1.82, 2.24) is 15.5 Å². The number of amides is 3. The average molecular weight is 550 g/mol. The Hall–Kier alpha value is -2.93. The van der Waals surface area contributed by atoms with Crippen LogP contribution in [0.15, 0.2) is 24.3 Å². The van der Waals surface area contributed by atoms with Gasteiger partial charge in [0.25, 0.3) is 5.92 Å². The van der Waals surface area contributed by atoms with Crippen molar-refractivity contribution in [3.05, 3.63) is 29.3 Å². The molecule has 0 aromatic heterocycles. The van der Waals surface area contributed by atoms with Crippen molar-refractivity contribution in [1.29, 1.82) is 5.26 Å². The first-order chi connectivity index (χ1) is 18.0. The van der Waals surface area contributed by atoms with Crippen molar-refractivity contribution in [2.24, 2.45) is 17.8 Å². The van der Waals surface area contributed by atoms with E-state index < -0.39 is 60.2 Å². The molecule has 1 aromatic rings. The molecule has 3 aliphatic heterocycles. The van der Waals surface area contributed by atoms with E-state index in [0.717, 1.165) is 0 Å². The fraction of sp³-hybridized carbons (Fsp3) is 0.630. The Bertz CT molecular complexity index is 1110. The highest BCUT2D eigenvalue weighted by Crippen LogP contribution is 2.49. The fourth-order valence-electron chi connectivity index (χ4n) is 6.03. The summed E-state index contributed by atoms with van der Waals surface area (Å²) in [7, 11) is 0. The molecule has 2 bridgehead atoms. The third-order valence-electron chi connectivity index (χ3n) is 7.78. The molecule has 4 aliphatic rings. The third kappa shape index (κ3) is 6.04. The van der Waals surface area contributed by atoms with Gasteiger partial charge in [-0.2, -0.15) is 5.26 Å². The van der Waals surface area contributed by atoms with E-state index in [9.17, 15) is 19.6 Å². The molecule has 3 amide bonds. The zero-order valence-corrected chi connectivity index (χ0v) is 22.3. The standard InChI is InChI=1S/C27H34ClF2N5O3/c1-15(2)10-22(33-18-5-3-4-17(28)12-18)26(38)35-20-6-7-21(27(29,30)13-20)23(35)25(37)34-19(14-31)11-16-8-9-32-24(16)36/h3-5,12,15-16,19-23,33H,6-11,13H2,1-2H3,(H,32,36)(H,34,37)/t16-,19-,20+,21+,22-,23+/m0/s1. The van der Waals surface area contributed by atoms with Crippen LogP contribution < -0.4 is 16.0 Å². The number of carbonyl (C=O) groups is 3. The SMILES string of the molecule is CC(C)C[C@H](Nc1cccc(Cl)c1)C(=O)N1[C@@H]2CC[C@H]([C@@H]1C(=O)N[C@H](C#N)C[C@@H]1CCNC1=O)C(F)(F)C2. The molecule has 11 heteroatoms. The van der Waals surface area contributed by atoms with Gasteiger partial charge in [0.1, 0.15) is 18.1 Å². The van der Waals surface area contributed by atoms with E-state index >= 15 is 8.78 Å². The number of piperidine rings is 2. The second kappa shape index (κ2) is 11.4. The van der Waals surface area contributed by atoms with Gasteiger partial charge in [-0.3, -0.25) is 14.4 Å². The van der Waals surface area contributed by atoms with Crippen molar-refractivity contribution in [3.8, 4) is 6.07 Å². The maximum absolute atomic E-state index is 15.1. The number of benzene rings is 1. The van der Waals surface area contributed by atoms with E-state index in [1.165, 1.54) is 4.90 Å². The fourth-order valence-corrected chi connectivity index (χ4v) is 6.22. The molecule has 8 nitrogen and oxygen atoms in total. The zero-order valence-electron chi connectivity index (χ0n) is 21.6. The molecule has 206 valence electrons. The first-order valence-electron chi connectivity index (χ1n) is 13.2. The summed E-state index contributed by atoms with van der Waals surface area (Å²) >= 11 is 6.12. The lowest BCUT2D eigenvalue weighted by atomic mass is 9.71. The van der Waals surface area contributed by atoms with Gasteiger partial charge in [-0.25, -0.2) is 8.78 Å². The van der Waals surface area contributed by atoms with Crippen LogP contribution >= 0.6 is 11.6 Å². The number of halogens is 3. The number of nitrogens with one attached hydrogen (secondary N) is 3. The van der Waals surface area contributed by atoms with Crippen molar-refractivity contribution >= 4 is 35.0 Å². The summed E-state index contributed by atoms with van der Waals surface area (Å²) in [6, 6.07) is 4.89. The number of nitriles is 1. The van der Waals surface area contributed by atoms with Crippen molar-refractivity contribution in [2.45, 2.75) is 82.5 Å². The lowest BCUT2D eigenvalue weighted by Gasteiger charge is -2.54. The molecular weight excluding hydrogens is 516 g/mol. The summed E-state index contributed by atoms with van der Waals surface area (Å²) in [6.07, 6.45) is 1.04. The maximum Gasteiger partial charge on any atom is 0.255 e. The van der Waals surface area contributed by atoms with Crippen LogP contribution in [0.5, 0.6) is 0 Å². The highest BCUT2D eigenvalue weighted by Gasteiger charge is 2.61. The van der Waals surface area contributed by atoms with Gasteiger partial charge >= 0.3 is 0 Å². The molecule has 6 atom stereocenters. The first-order valence-corrected chi connectivity index (χ1v) is 13.6. The van der Waals surface area contributed by atoms with Crippen molar-refractivity contribution in [2.75, 3.05) is 11.9 Å². The normalized spacial score (nSPS) is 27.4. The number of fused-ring (bicyclic) bond motifs is 3. The molecule has 1 saturated carbocycles. The number of anilines is 1. The van der Waals surface area contributed by atoms with E-state index in [1.807, 2.05) is 19.9 Å². The minimum atomic E-state index is -3.11. The zero-order chi connectivity index (χ0) is 27.6. The number of nitrogens with zero attached hydrogens (tertiary/aromatic N) is 2. The second-order valence-corrected chi connectivity index (χ2v) is 11.5. The molecule has 5 rings (SSSR count). The summed E-state index contributed by atoms with van der Waals surface area (Å²) in [4.78, 5) is 40.9. The van der Waals surface area contributed by atoms with Crippen LogP contribution in [0.3, 0.4) is 0 Å². The maximum atomic E-state index is 15.1. The molecule has 0 radical (unpaired) electrons. The predicted octanol–water partition coefficient (Wildman–Crippen LogP) is 3.72. The highest BCUT2D eigenvalue weighted by molar-refractivity contribution is 6.30. The quantitative estimate of drug-likeness (QED) is 0.434. The van der Waals surface area contributed by atoms with Crippen LogP contribution in [-0.4, -0.2) is 59.3 Å². The Morgan fingerprint density at radius 3 is 2.66 bits per heavy atom. The van der Waals surface area contributed by atoms with Gasteiger partial charge in [-0.15, -0.1) is 0 Å². The van der Waals surface area contributed by atoms with Gasteiger partial charge in [0.2, 0.25) is 17.7 Å². The number of alkyl halides is 2. The highest BCUT2D eigenvalue weighted by atomic mass is 35.5. The number of hydrogen-bond donors (Lipinski definition) is 3. The minimum Gasteiger partial charge on any atom is -0.374 e. The average Bonchev–Trinajstić information content (AvgIpc) is 3.25. The monoisotopic (exact) mass is 549 g/mol. The Morgan fingerprint density at radius 1 is 1.29 bits per heavy atom. The van der Waals surface area contributed by atoms with Crippen molar-refractivity contribution < 1.29 is 23.2 Å². The predicted molar refractivity (Wildman–Crippen MR) is 138 cm³/mol. The van der Waals surface area contributed by atoms with Crippen LogP contribution in [0.4, 0.5) is 14.5 Å². The molecular formula is C27H34ClF2N5O3. The van der Waals surface area contributed by atoms with Crippen LogP contribution in [-0.2, 0) is 14.4 Å². The van der Waals surface area contributed by atoms with Crippen LogP contribution in [0.2, 0.25) is 5.02 Å². The van der Waals surface area contributed by atoms with Crippen LogP contribution in [0, 0.1) is 29.1 Å². The molecule has 1 aliphatic carbocycles. The molecule has 4 fully saturated rings. The molecule has 1 aromatic carbocycles. The summed E-state index contributed by atoms with van der Waals surface area (Å²) in [5.41, 5.74) is 0.615. The molecule has 3 saturated heterocycles. The molecule has 3 heterocycles. The summed E-state index contributed by atoms with van der Waals surface area (Å²) in [5, 5.41) is 18.6. The van der Waals surface area contributed by atoms with Crippen molar-refractivity contribution in [3.63, 3.8) is 0 Å². The Labute approximate surface area is 226 Å². The van der Waals surface area contributed by atoms with E-state index in [-0.39, 0.29) is 24.7 Å². The number of hydrogen-bond acceptors (Lipinski definition) is 5. The van der Waals surface area contributed by atoms with Gasteiger partial charge < -0.3 is 20.9 Å². The lowest BCUT2D eigenvalue weighted by Crippen LogP contribution is -2.70. The van der Waals surface area contributed by atoms with Gasteiger partial charge in [-0.1, -0.05) is 31.5 Å². The summed E-state index contributed by atoms with van der Waals surface area (Å²) in [6.45, 7) is 4.40. The lowest BCUT2D eigenvalue weighted by molar-refractivity contribution is -0.194. The Balaban J connectivity index is 1.59. The summed E-state index contributed by atoms with van der Waals surface area (Å²) in [5.74, 6) is -6.18. The molecule has 0 spiro atoms. The number of carbonyl (C=O) groups excluding carboxylic acids is 3. The van der Waals surface area contributed by atoms with Gasteiger partial charge in [0.05, 0.1) is 12.0 Å². The summed E-state index contributed by atoms with van der Waals surface area (Å²) < 4.78 is 30.2. The smallest absolute Gasteiger partial charge is 0.255 e. The molecule has 0 unspecified atom stereocenters. The van der Waals surface area contributed by atoms with E-state index in [0.29, 0.717) is 36.5 Å². The van der Waals surface area contributed by atoms with E-state index in [2.05, 4.69) is 16.0 Å². The van der Waals surface area contributed by atoms with Gasteiger partial charge in [0, 0.05) is 35.6 Å². The van der Waals surface area contributed by atoms with Crippen LogP contribution in [0.1, 0.15) is 52.4 Å². The third-order valence-corrected chi connectivity index (χ3v) is 8.02. The topological polar surface area (TPSA) is 114 Å². The van der Waals surface area contributed by atoms with E-state index in [4.69, 9.17) is 11.6 Å². The Morgan fingerprint density at radius 2 is 2.05 bits per heavy atom. The minimum absolute atomic E-state index is 0.0888. The Kier molecular flexibility index (Phi) is 8.46. The first kappa shape index (κ1) is 28.1. The van der Waals surface area contributed by atoms with Gasteiger partial charge in [-0.05, 0) is 56.2 Å². The van der Waals surface area contributed by atoms with Gasteiger partial charge in [0.15, 0.2) is 0 Å². The molecule has 38 heavy (non-hydrogen) atoms. The second-order valence-electron chi connectivity index (χ2n) is 11.0. The number of rotatable bonds is 9.